The number of hydrogen-bond acceptors (Lipinski definition) is 3. The van der Waals surface area contributed by atoms with Gasteiger partial charge in [-0.05, 0) is 31.7 Å². The Morgan fingerprint density at radius 2 is 1.82 bits per heavy atom. The molecule has 0 saturated heterocycles. The molecule has 1 unspecified atom stereocenters. The molecule has 22 heavy (non-hydrogen) atoms. The van der Waals surface area contributed by atoms with Crippen LogP contribution >= 0.6 is 0 Å². The van der Waals surface area contributed by atoms with E-state index < -0.39 is 23.7 Å². The molecule has 5 heteroatoms. The average molecular weight is 307 g/mol. The van der Waals surface area contributed by atoms with Crippen LogP contribution in [0.2, 0.25) is 0 Å². The van der Waals surface area contributed by atoms with Crippen LogP contribution in [0.4, 0.5) is 4.79 Å². The molecule has 0 aliphatic rings. The minimum absolute atomic E-state index is 0.165. The highest BCUT2D eigenvalue weighted by Gasteiger charge is 2.27. The normalized spacial score (nSPS) is 12.8. The smallest absolute Gasteiger partial charge is 0.408 e. The number of rotatable bonds is 7. The van der Waals surface area contributed by atoms with E-state index in [1.165, 1.54) is 0 Å². The lowest BCUT2D eigenvalue weighted by Crippen LogP contribution is -2.45. The number of ether oxygens (including phenoxy) is 1. The highest BCUT2D eigenvalue weighted by molar-refractivity contribution is 5.80. The molecule has 0 fully saturated rings. The van der Waals surface area contributed by atoms with Gasteiger partial charge in [0.2, 0.25) is 0 Å². The highest BCUT2D eigenvalue weighted by Crippen LogP contribution is 2.17. The van der Waals surface area contributed by atoms with Crippen LogP contribution in [0.15, 0.2) is 30.3 Å². The van der Waals surface area contributed by atoms with Gasteiger partial charge >= 0.3 is 12.1 Å². The fourth-order valence-corrected chi connectivity index (χ4v) is 2.24. The zero-order valence-corrected chi connectivity index (χ0v) is 13.6. The van der Waals surface area contributed by atoms with Gasteiger partial charge in [0.1, 0.15) is 11.6 Å². The molecule has 1 rings (SSSR count). The number of nitrogens with one attached hydrogen (secondary N) is 1. The van der Waals surface area contributed by atoms with Gasteiger partial charge in [0.05, 0.1) is 0 Å². The van der Waals surface area contributed by atoms with Crippen molar-refractivity contribution in [2.24, 2.45) is 5.92 Å². The monoisotopic (exact) mass is 307 g/mol. The topological polar surface area (TPSA) is 75.6 Å². The third-order valence-electron chi connectivity index (χ3n) is 3.14. The van der Waals surface area contributed by atoms with Crippen LogP contribution in [0.25, 0.3) is 0 Å². The number of aliphatic carboxylic acids is 1. The molecule has 0 aromatic heterocycles. The van der Waals surface area contributed by atoms with E-state index in [1.807, 2.05) is 44.2 Å². The maximum Gasteiger partial charge on any atom is 0.408 e. The Labute approximate surface area is 131 Å². The van der Waals surface area contributed by atoms with Gasteiger partial charge < -0.3 is 15.2 Å². The second kappa shape index (κ2) is 7.82. The van der Waals surface area contributed by atoms with E-state index in [4.69, 9.17) is 9.84 Å². The van der Waals surface area contributed by atoms with Crippen LogP contribution in [-0.4, -0.2) is 28.8 Å². The fourth-order valence-electron chi connectivity index (χ4n) is 2.24. The minimum atomic E-state index is -1.05. The molecule has 0 aliphatic heterocycles. The van der Waals surface area contributed by atoms with Crippen molar-refractivity contribution in [3.8, 4) is 0 Å². The Kier molecular flexibility index (Phi) is 6.40. The molecule has 0 heterocycles. The van der Waals surface area contributed by atoms with Crippen LogP contribution in [0, 0.1) is 5.92 Å². The minimum Gasteiger partial charge on any atom is -0.480 e. The molecule has 2 N–H and O–H groups in total. The molecule has 1 aromatic carbocycles. The summed E-state index contributed by atoms with van der Waals surface area (Å²) < 4.78 is 5.39. The average Bonchev–Trinajstić information content (AvgIpc) is 2.36. The van der Waals surface area contributed by atoms with Crippen LogP contribution in [0.1, 0.15) is 39.7 Å². The van der Waals surface area contributed by atoms with Crippen molar-refractivity contribution in [1.29, 1.82) is 0 Å². The molecule has 1 amide bonds. The van der Waals surface area contributed by atoms with Crippen molar-refractivity contribution in [3.05, 3.63) is 35.9 Å². The molecular weight excluding hydrogens is 282 g/mol. The van der Waals surface area contributed by atoms with Gasteiger partial charge in [-0.1, -0.05) is 44.2 Å². The number of hydrogen-bond donors (Lipinski definition) is 2. The number of carboxylic acid groups (broad SMARTS) is 1. The van der Waals surface area contributed by atoms with E-state index in [1.54, 1.807) is 13.8 Å². The Bertz CT molecular complexity index is 497. The van der Waals surface area contributed by atoms with Crippen molar-refractivity contribution in [3.63, 3.8) is 0 Å². The number of carbonyl (C=O) groups excluding carboxylic acids is 1. The zero-order chi connectivity index (χ0) is 16.8. The first-order valence-corrected chi connectivity index (χ1v) is 7.46. The number of carboxylic acids is 1. The van der Waals surface area contributed by atoms with Gasteiger partial charge in [0.15, 0.2) is 0 Å². The Hall–Kier alpha value is -2.04. The number of carbonyl (C=O) groups is 2. The van der Waals surface area contributed by atoms with Crippen molar-refractivity contribution in [2.45, 2.75) is 52.2 Å². The lowest BCUT2D eigenvalue weighted by Gasteiger charge is -2.26. The summed E-state index contributed by atoms with van der Waals surface area (Å²) in [6.45, 7) is 7.42. The highest BCUT2D eigenvalue weighted by atomic mass is 16.6. The van der Waals surface area contributed by atoms with Gasteiger partial charge in [0, 0.05) is 6.42 Å². The summed E-state index contributed by atoms with van der Waals surface area (Å²) in [6.07, 6.45) is 0.223. The molecule has 0 saturated carbocycles. The van der Waals surface area contributed by atoms with E-state index in [2.05, 4.69) is 5.32 Å². The molecular formula is C17H25NO4. The molecule has 5 nitrogen and oxygen atoms in total. The fraction of sp³-hybridized carbons (Fsp3) is 0.529. The Balaban J connectivity index is 2.60. The summed E-state index contributed by atoms with van der Waals surface area (Å²) in [7, 11) is 0. The quantitative estimate of drug-likeness (QED) is 0.811. The molecule has 1 aromatic rings. The summed E-state index contributed by atoms with van der Waals surface area (Å²) in [6, 6.07) is 8.76. The standard InChI is InChI=1S/C17H25NO4/c1-12(2)10-14(15(19)20)18-16(21)22-17(3,4)11-13-8-6-5-7-9-13/h5-9,12,14H,10-11H2,1-4H3,(H,18,21)(H,19,20). The summed E-state index contributed by atoms with van der Waals surface area (Å²) in [5.41, 5.74) is 0.337. The van der Waals surface area contributed by atoms with E-state index in [-0.39, 0.29) is 5.92 Å². The van der Waals surface area contributed by atoms with Crippen molar-refractivity contribution in [1.82, 2.24) is 5.32 Å². The molecule has 1 atom stereocenters. The summed E-state index contributed by atoms with van der Waals surface area (Å²) >= 11 is 0. The summed E-state index contributed by atoms with van der Waals surface area (Å²) in [5.74, 6) is -0.884. The molecule has 0 aliphatic carbocycles. The largest absolute Gasteiger partial charge is 0.480 e. The molecule has 0 spiro atoms. The SMILES string of the molecule is CC(C)CC(NC(=O)OC(C)(C)Cc1ccccc1)C(=O)O. The Morgan fingerprint density at radius 1 is 1.23 bits per heavy atom. The van der Waals surface area contributed by atoms with E-state index >= 15 is 0 Å². The van der Waals surface area contributed by atoms with Gasteiger partial charge in [-0.2, -0.15) is 0 Å². The van der Waals surface area contributed by atoms with Crippen molar-refractivity contribution >= 4 is 12.1 Å². The predicted molar refractivity (Wildman–Crippen MR) is 84.7 cm³/mol. The van der Waals surface area contributed by atoms with Crippen LogP contribution < -0.4 is 5.32 Å². The maximum atomic E-state index is 11.9. The lowest BCUT2D eigenvalue weighted by atomic mass is 9.98. The number of alkyl carbamates (subject to hydrolysis) is 1. The first-order chi connectivity index (χ1) is 10.2. The van der Waals surface area contributed by atoms with E-state index in [0.717, 1.165) is 5.56 Å². The molecule has 0 radical (unpaired) electrons. The van der Waals surface area contributed by atoms with E-state index in [9.17, 15) is 9.59 Å². The number of benzene rings is 1. The lowest BCUT2D eigenvalue weighted by molar-refractivity contribution is -0.139. The second-order valence-electron chi connectivity index (χ2n) is 6.48. The van der Waals surface area contributed by atoms with Gasteiger partial charge in [-0.3, -0.25) is 0 Å². The van der Waals surface area contributed by atoms with Crippen molar-refractivity contribution < 1.29 is 19.4 Å². The Morgan fingerprint density at radius 3 is 2.32 bits per heavy atom. The third-order valence-corrected chi connectivity index (χ3v) is 3.14. The third kappa shape index (κ3) is 6.61. The van der Waals surface area contributed by atoms with Crippen molar-refractivity contribution in [2.75, 3.05) is 0 Å². The van der Waals surface area contributed by atoms with Gasteiger partial charge in [-0.25, -0.2) is 9.59 Å². The second-order valence-corrected chi connectivity index (χ2v) is 6.48. The first kappa shape index (κ1) is 18.0. The zero-order valence-electron chi connectivity index (χ0n) is 13.6. The first-order valence-electron chi connectivity index (χ1n) is 7.46. The van der Waals surface area contributed by atoms with E-state index in [0.29, 0.717) is 12.8 Å². The maximum absolute atomic E-state index is 11.9. The molecule has 122 valence electrons. The van der Waals surface area contributed by atoms with Gasteiger partial charge in [-0.15, -0.1) is 0 Å². The molecule has 0 bridgehead atoms. The van der Waals surface area contributed by atoms with Crippen LogP contribution in [0.5, 0.6) is 0 Å². The van der Waals surface area contributed by atoms with Crippen LogP contribution in [-0.2, 0) is 16.0 Å². The van der Waals surface area contributed by atoms with Gasteiger partial charge in [0.25, 0.3) is 0 Å². The summed E-state index contributed by atoms with van der Waals surface area (Å²) in [4.78, 5) is 23.1. The predicted octanol–water partition coefficient (Wildman–Crippen LogP) is 3.23. The summed E-state index contributed by atoms with van der Waals surface area (Å²) in [5, 5.41) is 11.6. The van der Waals surface area contributed by atoms with Crippen LogP contribution in [0.3, 0.4) is 0 Å². The number of amides is 1.